The van der Waals surface area contributed by atoms with Crippen LogP contribution < -0.4 is 0 Å². The molecule has 0 aromatic heterocycles. The van der Waals surface area contributed by atoms with Gasteiger partial charge in [-0.25, -0.2) is 0 Å². The number of unbranched alkanes of at least 4 members (excludes halogenated alkanes) is 2. The van der Waals surface area contributed by atoms with Crippen molar-refractivity contribution in [1.29, 1.82) is 0 Å². The fourth-order valence-electron chi connectivity index (χ4n) is 3.34. The Balaban J connectivity index is 5.50. The van der Waals surface area contributed by atoms with Crippen LogP contribution in [0.15, 0.2) is 0 Å². The Bertz CT molecular complexity index is 407. The number of Topliss-reactive ketones (excluding diaryl/α,β-unsaturated/α-hetero) is 1. The van der Waals surface area contributed by atoms with Gasteiger partial charge in [0.05, 0.1) is 11.5 Å². The van der Waals surface area contributed by atoms with Crippen molar-refractivity contribution >= 4 is 14.1 Å². The van der Waals surface area contributed by atoms with E-state index in [4.69, 9.17) is 4.43 Å². The molecule has 2 N–H and O–H groups in total. The summed E-state index contributed by atoms with van der Waals surface area (Å²) in [5.41, 5.74) is -1.05. The fourth-order valence-corrected chi connectivity index (χ4v) is 4.40. The molecule has 4 nitrogen and oxygen atoms in total. The average Bonchev–Trinajstić information content (AvgIpc) is 2.53. The molecule has 0 saturated carbocycles. The maximum Gasteiger partial charge on any atom is 0.191 e. The second kappa shape index (κ2) is 10.9. The van der Waals surface area contributed by atoms with Crippen molar-refractivity contribution in [3.8, 4) is 0 Å². The van der Waals surface area contributed by atoms with E-state index < -0.39 is 19.8 Å². The Kier molecular flexibility index (Phi) is 10.8. The molecule has 0 aliphatic heterocycles. The zero-order chi connectivity index (χ0) is 20.6. The lowest BCUT2D eigenvalue weighted by Crippen LogP contribution is -2.50. The predicted molar refractivity (Wildman–Crippen MR) is 112 cm³/mol. The number of ketones is 1. The maximum atomic E-state index is 12.5. The van der Waals surface area contributed by atoms with Crippen LogP contribution in [-0.2, 0) is 9.22 Å². The second-order valence-electron chi connectivity index (χ2n) is 9.41. The molecule has 26 heavy (non-hydrogen) atoms. The van der Waals surface area contributed by atoms with Gasteiger partial charge in [-0.1, -0.05) is 60.3 Å². The summed E-state index contributed by atoms with van der Waals surface area (Å²) in [6, 6.07) is 0. The molecule has 0 aliphatic rings. The molecular weight excluding hydrogens is 344 g/mol. The number of rotatable bonds is 13. The van der Waals surface area contributed by atoms with E-state index >= 15 is 0 Å². The van der Waals surface area contributed by atoms with Crippen LogP contribution in [0, 0.1) is 11.8 Å². The van der Waals surface area contributed by atoms with Gasteiger partial charge in [0.2, 0.25) is 0 Å². The van der Waals surface area contributed by atoms with Crippen LogP contribution in [0.5, 0.6) is 0 Å². The smallest absolute Gasteiger partial charge is 0.191 e. The van der Waals surface area contributed by atoms with Gasteiger partial charge in [0.15, 0.2) is 8.32 Å². The average molecular weight is 389 g/mol. The zero-order valence-corrected chi connectivity index (χ0v) is 19.5. The highest BCUT2D eigenvalue weighted by Crippen LogP contribution is 2.39. The number of hydrogen-bond acceptors (Lipinski definition) is 4. The van der Waals surface area contributed by atoms with Gasteiger partial charge in [-0.15, -0.1) is 0 Å². The van der Waals surface area contributed by atoms with Crippen molar-refractivity contribution in [1.82, 2.24) is 0 Å². The highest BCUT2D eigenvalue weighted by molar-refractivity contribution is 6.74. The third-order valence-electron chi connectivity index (χ3n) is 6.11. The first-order valence-corrected chi connectivity index (χ1v) is 13.2. The van der Waals surface area contributed by atoms with E-state index in [-0.39, 0.29) is 23.3 Å². The molecule has 0 radical (unpaired) electrons. The van der Waals surface area contributed by atoms with Crippen LogP contribution in [-0.4, -0.2) is 43.1 Å². The van der Waals surface area contributed by atoms with E-state index in [1.54, 1.807) is 6.92 Å². The Labute approximate surface area is 162 Å². The molecule has 156 valence electrons. The minimum absolute atomic E-state index is 0.0439. The SMILES string of the molecule is CCCCC(O)(CCCC)C(C(C)=O)C(CO)CO[Si](C)(C)C(C)(C)C. The summed E-state index contributed by atoms with van der Waals surface area (Å²) in [5, 5.41) is 21.5. The number of carbonyl (C=O) groups excluding carboxylic acids is 1. The molecule has 0 bridgehead atoms. The van der Waals surface area contributed by atoms with Crippen molar-refractivity contribution in [2.75, 3.05) is 13.2 Å². The molecule has 2 atom stereocenters. The van der Waals surface area contributed by atoms with E-state index in [1.165, 1.54) is 0 Å². The first-order chi connectivity index (χ1) is 11.9. The molecule has 0 spiro atoms. The van der Waals surface area contributed by atoms with E-state index in [0.717, 1.165) is 25.7 Å². The summed E-state index contributed by atoms with van der Waals surface area (Å²) in [6.45, 7) is 16.8. The lowest BCUT2D eigenvalue weighted by Gasteiger charge is -2.42. The Hall–Kier alpha value is -0.233. The number of aliphatic hydroxyl groups excluding tert-OH is 1. The van der Waals surface area contributed by atoms with Crippen molar-refractivity contribution in [3.05, 3.63) is 0 Å². The molecule has 0 amide bonds. The maximum absolute atomic E-state index is 12.5. The van der Waals surface area contributed by atoms with E-state index in [0.29, 0.717) is 19.4 Å². The monoisotopic (exact) mass is 388 g/mol. The summed E-state index contributed by atoms with van der Waals surface area (Å²) in [5.74, 6) is -0.978. The summed E-state index contributed by atoms with van der Waals surface area (Å²) in [6.07, 6.45) is 4.91. The van der Waals surface area contributed by atoms with Gasteiger partial charge in [0.1, 0.15) is 5.78 Å². The summed E-state index contributed by atoms with van der Waals surface area (Å²) >= 11 is 0. The van der Waals surface area contributed by atoms with Gasteiger partial charge >= 0.3 is 0 Å². The van der Waals surface area contributed by atoms with Gasteiger partial charge in [-0.2, -0.15) is 0 Å². The van der Waals surface area contributed by atoms with Crippen LogP contribution >= 0.6 is 0 Å². The zero-order valence-electron chi connectivity index (χ0n) is 18.5. The first kappa shape index (κ1) is 25.8. The highest BCUT2D eigenvalue weighted by Gasteiger charge is 2.45. The standard InChI is InChI=1S/C21H44O4Si/c1-9-11-13-21(24,14-12-10-2)19(17(3)23)18(15-22)16-25-26(7,8)20(4,5)6/h18-19,22,24H,9-16H2,1-8H3. The molecule has 0 rings (SSSR count). The first-order valence-electron chi connectivity index (χ1n) is 10.3. The topological polar surface area (TPSA) is 66.8 Å². The van der Waals surface area contributed by atoms with E-state index in [9.17, 15) is 15.0 Å². The normalized spacial score (nSPS) is 15.8. The van der Waals surface area contributed by atoms with Crippen LogP contribution in [0.1, 0.15) is 80.1 Å². The minimum Gasteiger partial charge on any atom is -0.416 e. The van der Waals surface area contributed by atoms with Crippen LogP contribution in [0.4, 0.5) is 0 Å². The molecule has 0 fully saturated rings. The Morgan fingerprint density at radius 1 is 1.08 bits per heavy atom. The van der Waals surface area contributed by atoms with Crippen molar-refractivity contribution in [2.24, 2.45) is 11.8 Å². The molecule has 2 unspecified atom stereocenters. The van der Waals surface area contributed by atoms with Crippen LogP contribution in [0.3, 0.4) is 0 Å². The Morgan fingerprint density at radius 2 is 1.54 bits per heavy atom. The highest BCUT2D eigenvalue weighted by atomic mass is 28.4. The summed E-state index contributed by atoms with van der Waals surface area (Å²) in [4.78, 5) is 12.5. The molecule has 0 aliphatic carbocycles. The van der Waals surface area contributed by atoms with E-state index in [1.807, 2.05) is 0 Å². The largest absolute Gasteiger partial charge is 0.416 e. The van der Waals surface area contributed by atoms with Crippen molar-refractivity contribution < 1.29 is 19.4 Å². The molecular formula is C21H44O4Si. The third-order valence-corrected chi connectivity index (χ3v) is 10.6. The Morgan fingerprint density at radius 3 is 1.85 bits per heavy atom. The van der Waals surface area contributed by atoms with Crippen LogP contribution in [0.25, 0.3) is 0 Å². The molecule has 0 aromatic carbocycles. The van der Waals surface area contributed by atoms with Gasteiger partial charge in [-0.05, 0) is 37.9 Å². The van der Waals surface area contributed by atoms with Crippen LogP contribution in [0.2, 0.25) is 18.1 Å². The predicted octanol–water partition coefficient (Wildman–Crippen LogP) is 4.93. The molecule has 0 heterocycles. The minimum atomic E-state index is -1.98. The van der Waals surface area contributed by atoms with Gasteiger partial charge in [0, 0.05) is 19.1 Å². The summed E-state index contributed by atoms with van der Waals surface area (Å²) < 4.78 is 6.30. The molecule has 5 heteroatoms. The number of hydrogen-bond donors (Lipinski definition) is 2. The second-order valence-corrected chi connectivity index (χ2v) is 14.2. The van der Waals surface area contributed by atoms with E-state index in [2.05, 4.69) is 47.7 Å². The fraction of sp³-hybridized carbons (Fsp3) is 0.952. The number of carbonyl (C=O) groups is 1. The van der Waals surface area contributed by atoms with Crippen molar-refractivity contribution in [2.45, 2.75) is 104 Å². The quantitative estimate of drug-likeness (QED) is 0.439. The molecule has 0 aromatic rings. The number of aliphatic hydroxyl groups is 2. The lowest BCUT2D eigenvalue weighted by atomic mass is 9.71. The third kappa shape index (κ3) is 7.41. The van der Waals surface area contributed by atoms with Crippen molar-refractivity contribution in [3.63, 3.8) is 0 Å². The molecule has 0 saturated heterocycles. The lowest BCUT2D eigenvalue weighted by molar-refractivity contribution is -0.140. The summed E-state index contributed by atoms with van der Waals surface area (Å²) in [7, 11) is -1.98. The van der Waals surface area contributed by atoms with Gasteiger partial charge in [0.25, 0.3) is 0 Å². The van der Waals surface area contributed by atoms with Gasteiger partial charge in [-0.3, -0.25) is 4.79 Å². The van der Waals surface area contributed by atoms with Gasteiger partial charge < -0.3 is 14.6 Å².